The van der Waals surface area contributed by atoms with Crippen LogP contribution in [-0.2, 0) is 0 Å². The number of nitrogens with zero attached hydrogens (tertiary/aromatic N) is 1. The summed E-state index contributed by atoms with van der Waals surface area (Å²) >= 11 is 0. The molecular formula is C19H31NO. The van der Waals surface area contributed by atoms with Gasteiger partial charge >= 0.3 is 0 Å². The minimum absolute atomic E-state index is 0.221. The van der Waals surface area contributed by atoms with Crippen LogP contribution in [0.2, 0.25) is 0 Å². The van der Waals surface area contributed by atoms with Crippen molar-refractivity contribution in [1.82, 2.24) is 4.90 Å². The van der Waals surface area contributed by atoms with Crippen LogP contribution < -0.4 is 0 Å². The summed E-state index contributed by atoms with van der Waals surface area (Å²) < 4.78 is 0. The Hall–Kier alpha value is -0.860. The zero-order valence-electron chi connectivity index (χ0n) is 14.0. The Balaban J connectivity index is 2.15. The molecule has 21 heavy (non-hydrogen) atoms. The molecule has 1 aromatic rings. The summed E-state index contributed by atoms with van der Waals surface area (Å²) in [6, 6.07) is 11.1. The van der Waals surface area contributed by atoms with Gasteiger partial charge in [-0.25, -0.2) is 0 Å². The van der Waals surface area contributed by atoms with Gasteiger partial charge in [-0.2, -0.15) is 0 Å². The van der Waals surface area contributed by atoms with Crippen molar-refractivity contribution >= 4 is 0 Å². The molecule has 0 bridgehead atoms. The smallest absolute Gasteiger partial charge is 0.0947 e. The van der Waals surface area contributed by atoms with E-state index in [1.165, 1.54) is 19.3 Å². The highest BCUT2D eigenvalue weighted by Gasteiger charge is 2.38. The summed E-state index contributed by atoms with van der Waals surface area (Å²) in [5.41, 5.74) is 1.05. The predicted molar refractivity (Wildman–Crippen MR) is 89.2 cm³/mol. The molecule has 0 aromatic heterocycles. The van der Waals surface area contributed by atoms with Crippen molar-refractivity contribution < 1.29 is 5.11 Å². The van der Waals surface area contributed by atoms with Crippen molar-refractivity contribution in [2.45, 2.75) is 65.1 Å². The van der Waals surface area contributed by atoms with Crippen LogP contribution in [0.5, 0.6) is 0 Å². The first-order valence-corrected chi connectivity index (χ1v) is 8.49. The van der Waals surface area contributed by atoms with Gasteiger partial charge in [-0.05, 0) is 43.2 Å². The van der Waals surface area contributed by atoms with Gasteiger partial charge in [0.25, 0.3) is 0 Å². The van der Waals surface area contributed by atoms with E-state index in [4.69, 9.17) is 0 Å². The molecule has 0 radical (unpaired) electrons. The Labute approximate surface area is 130 Å². The van der Waals surface area contributed by atoms with Crippen molar-refractivity contribution in [3.8, 4) is 0 Å². The Morgan fingerprint density at radius 3 is 2.19 bits per heavy atom. The first kappa shape index (κ1) is 16.5. The van der Waals surface area contributed by atoms with Gasteiger partial charge in [0, 0.05) is 12.1 Å². The van der Waals surface area contributed by atoms with E-state index in [0.717, 1.165) is 12.1 Å². The second kappa shape index (κ2) is 7.42. The third-order valence-corrected chi connectivity index (χ3v) is 4.51. The van der Waals surface area contributed by atoms with Crippen LogP contribution in [0.1, 0.15) is 58.6 Å². The van der Waals surface area contributed by atoms with Crippen molar-refractivity contribution in [3.05, 3.63) is 35.9 Å². The van der Waals surface area contributed by atoms with Crippen LogP contribution in [0, 0.1) is 11.8 Å². The lowest BCUT2D eigenvalue weighted by molar-refractivity contribution is 0.0151. The Morgan fingerprint density at radius 1 is 1.10 bits per heavy atom. The van der Waals surface area contributed by atoms with Crippen molar-refractivity contribution in [1.29, 1.82) is 0 Å². The summed E-state index contributed by atoms with van der Waals surface area (Å²) in [6.07, 6.45) is 3.41. The fraction of sp³-hybridized carbons (Fsp3) is 0.684. The van der Waals surface area contributed by atoms with E-state index < -0.39 is 0 Å². The molecule has 1 N–H and O–H groups in total. The molecule has 2 nitrogen and oxygen atoms in total. The largest absolute Gasteiger partial charge is 0.387 e. The van der Waals surface area contributed by atoms with Crippen LogP contribution in [0.3, 0.4) is 0 Å². The highest BCUT2D eigenvalue weighted by molar-refractivity contribution is 5.19. The van der Waals surface area contributed by atoms with Gasteiger partial charge in [0.15, 0.2) is 0 Å². The molecule has 0 spiro atoms. The van der Waals surface area contributed by atoms with Crippen molar-refractivity contribution in [2.24, 2.45) is 11.8 Å². The normalized spacial score (nSPS) is 18.5. The molecule has 1 aromatic carbocycles. The number of rotatable bonds is 8. The molecule has 0 aliphatic heterocycles. The maximum Gasteiger partial charge on any atom is 0.0947 e. The Morgan fingerprint density at radius 2 is 1.71 bits per heavy atom. The lowest BCUT2D eigenvalue weighted by atomic mass is 9.91. The second-order valence-corrected chi connectivity index (χ2v) is 7.24. The third-order valence-electron chi connectivity index (χ3n) is 4.51. The van der Waals surface area contributed by atoms with Gasteiger partial charge in [-0.1, -0.05) is 58.0 Å². The van der Waals surface area contributed by atoms with Crippen LogP contribution in [0.15, 0.2) is 30.3 Å². The van der Waals surface area contributed by atoms with Gasteiger partial charge < -0.3 is 5.11 Å². The number of hydrogen-bond donors (Lipinski definition) is 1. The summed E-state index contributed by atoms with van der Waals surface area (Å²) in [5.74, 6) is 1.17. The fourth-order valence-electron chi connectivity index (χ4n) is 3.16. The van der Waals surface area contributed by atoms with Crippen LogP contribution in [0.4, 0.5) is 0 Å². The van der Waals surface area contributed by atoms with E-state index in [1.54, 1.807) is 0 Å². The molecule has 2 heteroatoms. The SMILES string of the molecule is CC(C)CCN(C1CC1)C(C(C)C)C(O)c1ccccc1. The average Bonchev–Trinajstić information content (AvgIpc) is 3.27. The Kier molecular flexibility index (Phi) is 5.83. The molecular weight excluding hydrogens is 258 g/mol. The lowest BCUT2D eigenvalue weighted by Gasteiger charge is -2.38. The van der Waals surface area contributed by atoms with E-state index in [2.05, 4.69) is 32.6 Å². The third kappa shape index (κ3) is 4.55. The summed E-state index contributed by atoms with van der Waals surface area (Å²) in [7, 11) is 0. The standard InChI is InChI=1S/C19H31NO/c1-14(2)12-13-20(17-10-11-17)18(15(3)4)19(21)16-8-6-5-7-9-16/h5-9,14-15,17-19,21H,10-13H2,1-4H3. The molecule has 1 saturated carbocycles. The minimum atomic E-state index is -0.390. The van der Waals surface area contributed by atoms with Gasteiger partial charge in [-0.15, -0.1) is 0 Å². The quantitative estimate of drug-likeness (QED) is 0.773. The zero-order valence-corrected chi connectivity index (χ0v) is 14.0. The van der Waals surface area contributed by atoms with E-state index >= 15 is 0 Å². The highest BCUT2D eigenvalue weighted by atomic mass is 16.3. The molecule has 1 fully saturated rings. The van der Waals surface area contributed by atoms with E-state index in [0.29, 0.717) is 17.9 Å². The number of aliphatic hydroxyl groups is 1. The topological polar surface area (TPSA) is 23.5 Å². The summed E-state index contributed by atoms with van der Waals surface area (Å²) in [5, 5.41) is 10.9. The molecule has 1 aliphatic carbocycles. The zero-order chi connectivity index (χ0) is 15.4. The van der Waals surface area contributed by atoms with Crippen LogP contribution >= 0.6 is 0 Å². The van der Waals surface area contributed by atoms with Crippen LogP contribution in [-0.4, -0.2) is 28.6 Å². The number of aliphatic hydroxyl groups excluding tert-OH is 1. The molecule has 0 saturated heterocycles. The monoisotopic (exact) mass is 289 g/mol. The molecule has 0 amide bonds. The maximum absolute atomic E-state index is 10.9. The van der Waals surface area contributed by atoms with Gasteiger partial charge in [0.1, 0.15) is 0 Å². The molecule has 2 unspecified atom stereocenters. The van der Waals surface area contributed by atoms with Gasteiger partial charge in [-0.3, -0.25) is 4.90 Å². The predicted octanol–water partition coefficient (Wildman–Crippen LogP) is 4.26. The molecule has 0 heterocycles. The highest BCUT2D eigenvalue weighted by Crippen LogP contribution is 2.36. The second-order valence-electron chi connectivity index (χ2n) is 7.24. The molecule has 118 valence electrons. The van der Waals surface area contributed by atoms with E-state index in [9.17, 15) is 5.11 Å². The summed E-state index contributed by atoms with van der Waals surface area (Å²) in [6.45, 7) is 10.1. The minimum Gasteiger partial charge on any atom is -0.387 e. The van der Waals surface area contributed by atoms with Gasteiger partial charge in [0.2, 0.25) is 0 Å². The van der Waals surface area contributed by atoms with E-state index in [-0.39, 0.29) is 12.1 Å². The fourth-order valence-corrected chi connectivity index (χ4v) is 3.16. The first-order chi connectivity index (χ1) is 10.0. The molecule has 1 aliphatic rings. The first-order valence-electron chi connectivity index (χ1n) is 8.49. The average molecular weight is 289 g/mol. The van der Waals surface area contributed by atoms with Gasteiger partial charge in [0.05, 0.1) is 6.10 Å². The molecule has 2 rings (SSSR count). The lowest BCUT2D eigenvalue weighted by Crippen LogP contribution is -2.45. The van der Waals surface area contributed by atoms with Crippen molar-refractivity contribution in [3.63, 3.8) is 0 Å². The molecule has 2 atom stereocenters. The van der Waals surface area contributed by atoms with Crippen LogP contribution in [0.25, 0.3) is 0 Å². The Bertz CT molecular complexity index is 411. The summed E-state index contributed by atoms with van der Waals surface area (Å²) in [4.78, 5) is 2.59. The van der Waals surface area contributed by atoms with Crippen molar-refractivity contribution in [2.75, 3.05) is 6.54 Å². The number of benzene rings is 1. The number of hydrogen-bond acceptors (Lipinski definition) is 2. The maximum atomic E-state index is 10.9. The van der Waals surface area contributed by atoms with E-state index in [1.807, 2.05) is 30.3 Å².